The van der Waals surface area contributed by atoms with Crippen molar-refractivity contribution in [3.8, 4) is 17.0 Å². The number of nitrogens with zero attached hydrogens (tertiary/aromatic N) is 4. The van der Waals surface area contributed by atoms with Crippen LogP contribution in [0.2, 0.25) is 0 Å². The van der Waals surface area contributed by atoms with Crippen LogP contribution in [-0.4, -0.2) is 50.4 Å². The third kappa shape index (κ3) is 3.63. The van der Waals surface area contributed by atoms with Crippen molar-refractivity contribution in [2.24, 2.45) is 0 Å². The molecule has 0 radical (unpaired) electrons. The van der Waals surface area contributed by atoms with E-state index in [9.17, 15) is 18.3 Å². The number of nitrogens with one attached hydrogen (secondary N) is 1. The highest BCUT2D eigenvalue weighted by molar-refractivity contribution is 5.70. The van der Waals surface area contributed by atoms with Crippen molar-refractivity contribution >= 4 is 5.95 Å². The Balaban J connectivity index is 1.54. The summed E-state index contributed by atoms with van der Waals surface area (Å²) in [6.45, 7) is 3.76. The molecule has 0 aliphatic carbocycles. The molecule has 150 valence electrons. The average Bonchev–Trinajstić information content (AvgIpc) is 3.11. The van der Waals surface area contributed by atoms with Gasteiger partial charge in [0.05, 0.1) is 11.8 Å². The summed E-state index contributed by atoms with van der Waals surface area (Å²) in [4.78, 5) is 6.77. The minimum absolute atomic E-state index is 0.208. The highest BCUT2D eigenvalue weighted by Gasteiger charge is 2.35. The van der Waals surface area contributed by atoms with Gasteiger partial charge in [-0.15, -0.1) is 10.2 Å². The van der Waals surface area contributed by atoms with Gasteiger partial charge in [0.2, 0.25) is 5.95 Å². The number of hydrogen-bond acceptors (Lipinski definition) is 6. The molecule has 0 saturated carbocycles. The number of piperidine rings is 1. The molecule has 2 unspecified atom stereocenters. The number of halogens is 3. The van der Waals surface area contributed by atoms with E-state index in [4.69, 9.17) is 0 Å². The average molecular weight is 393 g/mol. The van der Waals surface area contributed by atoms with Crippen molar-refractivity contribution in [3.63, 3.8) is 0 Å². The predicted molar refractivity (Wildman–Crippen MR) is 97.9 cm³/mol. The number of aromatic hydroxyl groups is 1. The Bertz CT molecular complexity index is 833. The lowest BCUT2D eigenvalue weighted by atomic mass is 9.96. The van der Waals surface area contributed by atoms with Crippen LogP contribution in [0.5, 0.6) is 5.75 Å². The molecule has 1 aromatic carbocycles. The monoisotopic (exact) mass is 393 g/mol. The fourth-order valence-corrected chi connectivity index (χ4v) is 4.35. The lowest BCUT2D eigenvalue weighted by molar-refractivity contribution is -0.137. The number of benzene rings is 1. The third-order valence-electron chi connectivity index (χ3n) is 5.61. The first-order chi connectivity index (χ1) is 13.3. The number of anilines is 1. The first-order valence-electron chi connectivity index (χ1n) is 9.44. The minimum Gasteiger partial charge on any atom is -0.507 e. The normalized spacial score (nSPS) is 22.9. The number of hydrogen-bond donors (Lipinski definition) is 2. The molecule has 2 atom stereocenters. The Hall–Kier alpha value is -2.42. The minimum atomic E-state index is -4.52. The van der Waals surface area contributed by atoms with E-state index in [-0.39, 0.29) is 22.9 Å². The first-order valence-corrected chi connectivity index (χ1v) is 9.44. The zero-order chi connectivity index (χ0) is 19.9. The molecule has 2 aromatic rings. The highest BCUT2D eigenvalue weighted by Crippen LogP contribution is 2.38. The van der Waals surface area contributed by atoms with Crippen LogP contribution in [-0.2, 0) is 6.18 Å². The Kier molecular flexibility index (Phi) is 4.86. The van der Waals surface area contributed by atoms with Gasteiger partial charge < -0.3 is 10.4 Å². The molecule has 2 N–H and O–H groups in total. The number of aryl methyl sites for hydroxylation is 1. The number of alkyl halides is 3. The molecule has 0 amide bonds. The summed E-state index contributed by atoms with van der Waals surface area (Å²) in [6.07, 6.45) is 1.44. The zero-order valence-electron chi connectivity index (χ0n) is 15.5. The summed E-state index contributed by atoms with van der Waals surface area (Å²) >= 11 is 0. The van der Waals surface area contributed by atoms with E-state index >= 15 is 0 Å². The summed E-state index contributed by atoms with van der Waals surface area (Å²) in [5.74, 6) is -0.0930. The SMILES string of the molecule is Cc1cc(C(F)(F)F)cc(O)c1-c1cnc(NC2CCCN3CCCC23)nn1. The van der Waals surface area contributed by atoms with Crippen molar-refractivity contribution < 1.29 is 18.3 Å². The Morgan fingerprint density at radius 3 is 2.54 bits per heavy atom. The van der Waals surface area contributed by atoms with Gasteiger partial charge in [0.25, 0.3) is 0 Å². The summed E-state index contributed by atoms with van der Waals surface area (Å²) in [6, 6.07) is 2.44. The molecule has 3 heterocycles. The van der Waals surface area contributed by atoms with Gasteiger partial charge in [-0.1, -0.05) is 0 Å². The first kappa shape index (κ1) is 18.9. The zero-order valence-corrected chi connectivity index (χ0v) is 15.5. The molecule has 28 heavy (non-hydrogen) atoms. The molecule has 0 bridgehead atoms. The Morgan fingerprint density at radius 1 is 1.14 bits per heavy atom. The van der Waals surface area contributed by atoms with Gasteiger partial charge in [0, 0.05) is 17.6 Å². The maximum atomic E-state index is 12.9. The van der Waals surface area contributed by atoms with Crippen LogP contribution in [0.15, 0.2) is 18.3 Å². The number of phenols is 1. The smallest absolute Gasteiger partial charge is 0.416 e. The molecule has 2 fully saturated rings. The van der Waals surface area contributed by atoms with E-state index in [0.717, 1.165) is 38.4 Å². The predicted octanol–water partition coefficient (Wildman–Crippen LogP) is 3.61. The summed E-state index contributed by atoms with van der Waals surface area (Å²) in [5, 5.41) is 21.6. The van der Waals surface area contributed by atoms with E-state index in [2.05, 4.69) is 25.4 Å². The fraction of sp³-hybridized carbons (Fsp3) is 0.526. The van der Waals surface area contributed by atoms with E-state index in [0.29, 0.717) is 18.1 Å². The van der Waals surface area contributed by atoms with Crippen LogP contribution in [0.4, 0.5) is 19.1 Å². The second kappa shape index (κ2) is 7.20. The van der Waals surface area contributed by atoms with E-state index < -0.39 is 17.5 Å². The number of phenolic OH excluding ortho intramolecular Hbond substituents is 1. The van der Waals surface area contributed by atoms with Crippen LogP contribution < -0.4 is 5.32 Å². The lowest BCUT2D eigenvalue weighted by Gasteiger charge is -2.36. The van der Waals surface area contributed by atoms with Gasteiger partial charge in [-0.2, -0.15) is 13.2 Å². The van der Waals surface area contributed by atoms with Gasteiger partial charge in [-0.3, -0.25) is 4.90 Å². The molecule has 4 rings (SSSR count). The van der Waals surface area contributed by atoms with Gasteiger partial charge in [0.1, 0.15) is 11.4 Å². The fourth-order valence-electron chi connectivity index (χ4n) is 4.35. The van der Waals surface area contributed by atoms with Crippen molar-refractivity contribution in [3.05, 3.63) is 29.5 Å². The van der Waals surface area contributed by atoms with Crippen molar-refractivity contribution in [2.45, 2.75) is 50.9 Å². The van der Waals surface area contributed by atoms with Crippen molar-refractivity contribution in [1.82, 2.24) is 20.1 Å². The summed E-state index contributed by atoms with van der Waals surface area (Å²) < 4.78 is 38.7. The van der Waals surface area contributed by atoms with Gasteiger partial charge in [-0.05, 0) is 63.4 Å². The van der Waals surface area contributed by atoms with Gasteiger partial charge in [-0.25, -0.2) is 4.98 Å². The number of rotatable bonds is 3. The second-order valence-electron chi connectivity index (χ2n) is 7.49. The molecule has 0 spiro atoms. The second-order valence-corrected chi connectivity index (χ2v) is 7.49. The summed E-state index contributed by atoms with van der Waals surface area (Å²) in [5.41, 5.74) is -0.193. The molecule has 2 saturated heterocycles. The van der Waals surface area contributed by atoms with E-state index in [1.807, 2.05) is 0 Å². The molecular weight excluding hydrogens is 371 g/mol. The van der Waals surface area contributed by atoms with Crippen LogP contribution in [0, 0.1) is 6.92 Å². The molecule has 1 aromatic heterocycles. The van der Waals surface area contributed by atoms with E-state index in [1.165, 1.54) is 19.5 Å². The quantitative estimate of drug-likeness (QED) is 0.830. The molecular formula is C19H22F3N5O. The largest absolute Gasteiger partial charge is 0.507 e. The Morgan fingerprint density at radius 2 is 1.89 bits per heavy atom. The maximum absolute atomic E-state index is 12.9. The van der Waals surface area contributed by atoms with E-state index in [1.54, 1.807) is 0 Å². The lowest BCUT2D eigenvalue weighted by Crippen LogP contribution is -2.47. The van der Waals surface area contributed by atoms with Gasteiger partial charge >= 0.3 is 6.18 Å². The van der Waals surface area contributed by atoms with Crippen LogP contribution in [0.1, 0.15) is 36.8 Å². The van der Waals surface area contributed by atoms with Crippen LogP contribution in [0.25, 0.3) is 11.3 Å². The summed E-state index contributed by atoms with van der Waals surface area (Å²) in [7, 11) is 0. The van der Waals surface area contributed by atoms with Crippen LogP contribution >= 0.6 is 0 Å². The standard InChI is InChI=1S/C19H22F3N5O/c1-11-8-12(19(20,21)22)9-16(28)17(11)14-10-23-18(26-25-14)24-13-4-2-6-27-7-3-5-15(13)27/h8-10,13,15,28H,2-7H2,1H3,(H,23,24,26). The van der Waals surface area contributed by atoms with Crippen LogP contribution in [0.3, 0.4) is 0 Å². The topological polar surface area (TPSA) is 74.2 Å². The highest BCUT2D eigenvalue weighted by atomic mass is 19.4. The Labute approximate surface area is 160 Å². The molecule has 2 aliphatic heterocycles. The molecule has 2 aliphatic rings. The molecule has 6 nitrogen and oxygen atoms in total. The third-order valence-corrected chi connectivity index (χ3v) is 5.61. The number of aromatic nitrogens is 3. The molecule has 9 heteroatoms. The number of fused-ring (bicyclic) bond motifs is 1. The maximum Gasteiger partial charge on any atom is 0.416 e. The van der Waals surface area contributed by atoms with Crippen molar-refractivity contribution in [2.75, 3.05) is 18.4 Å². The van der Waals surface area contributed by atoms with Crippen molar-refractivity contribution in [1.29, 1.82) is 0 Å². The van der Waals surface area contributed by atoms with Gasteiger partial charge in [0.15, 0.2) is 0 Å².